The zero-order valence-corrected chi connectivity index (χ0v) is 18.7. The molecule has 1 saturated heterocycles. The molecular weight excluding hydrogens is 441 g/mol. The molecule has 3 aromatic rings. The van der Waals surface area contributed by atoms with Crippen molar-refractivity contribution in [2.45, 2.75) is 18.9 Å². The quantitative estimate of drug-likeness (QED) is 0.573. The maximum atomic E-state index is 13.3. The summed E-state index contributed by atoms with van der Waals surface area (Å²) in [4.78, 5) is 41.1. The van der Waals surface area contributed by atoms with Gasteiger partial charge in [0.2, 0.25) is 5.91 Å². The van der Waals surface area contributed by atoms with Gasteiger partial charge in [0.1, 0.15) is 11.9 Å². The first-order valence-electron chi connectivity index (χ1n) is 10.8. The normalized spacial score (nSPS) is 15.0. The summed E-state index contributed by atoms with van der Waals surface area (Å²) in [6.07, 6.45) is 1.15. The van der Waals surface area contributed by atoms with Gasteiger partial charge in [-0.3, -0.25) is 14.4 Å². The molecule has 1 aliphatic rings. The monoisotopic (exact) mass is 465 g/mol. The van der Waals surface area contributed by atoms with E-state index in [9.17, 15) is 18.8 Å². The van der Waals surface area contributed by atoms with E-state index in [-0.39, 0.29) is 23.3 Å². The number of likely N-dealkylation sites (tertiary alicyclic amines) is 1. The first-order valence-corrected chi connectivity index (χ1v) is 11.6. The molecule has 0 spiro atoms. The van der Waals surface area contributed by atoms with Gasteiger partial charge in [0.05, 0.1) is 4.88 Å². The van der Waals surface area contributed by atoms with Gasteiger partial charge in [-0.15, -0.1) is 11.3 Å². The van der Waals surface area contributed by atoms with Gasteiger partial charge < -0.3 is 15.5 Å². The van der Waals surface area contributed by atoms with Crippen LogP contribution in [0.25, 0.3) is 0 Å². The van der Waals surface area contributed by atoms with Crippen molar-refractivity contribution in [1.82, 2.24) is 10.2 Å². The van der Waals surface area contributed by atoms with Crippen molar-refractivity contribution in [2.24, 2.45) is 5.92 Å². The zero-order chi connectivity index (χ0) is 23.2. The Labute approximate surface area is 195 Å². The average molecular weight is 466 g/mol. The lowest BCUT2D eigenvalue weighted by Gasteiger charge is -2.35. The van der Waals surface area contributed by atoms with E-state index in [1.54, 1.807) is 23.1 Å². The van der Waals surface area contributed by atoms with Crippen LogP contribution in [0.2, 0.25) is 0 Å². The molecule has 2 N–H and O–H groups in total. The third-order valence-electron chi connectivity index (χ3n) is 5.75. The standard InChI is InChI=1S/C25H24FN3O3S/c26-19-10-8-18(9-11-19)23(30)28-22(24(31)27-20-5-2-1-3-6-20)17-12-14-29(15-13-17)25(32)21-7-4-16-33-21/h1-11,16-17,22H,12-15H2,(H,27,31)(H,28,30)/t22-/m0/s1. The van der Waals surface area contributed by atoms with Crippen molar-refractivity contribution < 1.29 is 18.8 Å². The lowest BCUT2D eigenvalue weighted by molar-refractivity contribution is -0.119. The highest BCUT2D eigenvalue weighted by molar-refractivity contribution is 7.12. The van der Waals surface area contributed by atoms with Gasteiger partial charge in [-0.1, -0.05) is 24.3 Å². The van der Waals surface area contributed by atoms with Crippen LogP contribution >= 0.6 is 11.3 Å². The molecule has 8 heteroatoms. The molecule has 33 heavy (non-hydrogen) atoms. The number of halogens is 1. The largest absolute Gasteiger partial charge is 0.340 e. The van der Waals surface area contributed by atoms with Crippen LogP contribution in [0.3, 0.4) is 0 Å². The molecule has 6 nitrogen and oxygen atoms in total. The summed E-state index contributed by atoms with van der Waals surface area (Å²) in [5, 5.41) is 7.58. The second-order valence-corrected chi connectivity index (χ2v) is 8.87. The summed E-state index contributed by atoms with van der Waals surface area (Å²) in [6, 6.07) is 17.1. The highest BCUT2D eigenvalue weighted by atomic mass is 32.1. The smallest absolute Gasteiger partial charge is 0.263 e. The van der Waals surface area contributed by atoms with E-state index in [0.717, 1.165) is 0 Å². The number of rotatable bonds is 6. The third-order valence-corrected chi connectivity index (χ3v) is 6.60. The number of benzene rings is 2. The van der Waals surface area contributed by atoms with Crippen LogP contribution in [0.4, 0.5) is 10.1 Å². The fourth-order valence-corrected chi connectivity index (χ4v) is 4.65. The Hall–Kier alpha value is -3.52. The van der Waals surface area contributed by atoms with Gasteiger partial charge in [-0.2, -0.15) is 0 Å². The second-order valence-electron chi connectivity index (χ2n) is 7.92. The topological polar surface area (TPSA) is 78.5 Å². The van der Waals surface area contributed by atoms with Crippen LogP contribution in [-0.2, 0) is 4.79 Å². The number of nitrogens with zero attached hydrogens (tertiary/aromatic N) is 1. The maximum Gasteiger partial charge on any atom is 0.263 e. The highest BCUT2D eigenvalue weighted by Gasteiger charge is 2.34. The molecule has 4 rings (SSSR count). The van der Waals surface area contributed by atoms with Gasteiger partial charge in [0.25, 0.3) is 11.8 Å². The number of hydrogen-bond acceptors (Lipinski definition) is 4. The fourth-order valence-electron chi connectivity index (χ4n) is 3.96. The van der Waals surface area contributed by atoms with Crippen LogP contribution in [0.1, 0.15) is 32.9 Å². The highest BCUT2D eigenvalue weighted by Crippen LogP contribution is 2.24. The number of carbonyl (C=O) groups is 3. The third kappa shape index (κ3) is 5.64. The van der Waals surface area contributed by atoms with E-state index in [0.29, 0.717) is 36.5 Å². The van der Waals surface area contributed by atoms with Crippen LogP contribution in [0.15, 0.2) is 72.1 Å². The van der Waals surface area contributed by atoms with Gasteiger partial charge in [-0.05, 0) is 66.6 Å². The number of para-hydroxylation sites is 1. The molecule has 0 bridgehead atoms. The number of amides is 3. The van der Waals surface area contributed by atoms with Gasteiger partial charge >= 0.3 is 0 Å². The summed E-state index contributed by atoms with van der Waals surface area (Å²) in [5.41, 5.74) is 0.910. The Morgan fingerprint density at radius 1 is 0.939 bits per heavy atom. The van der Waals surface area contributed by atoms with E-state index in [2.05, 4.69) is 10.6 Å². The van der Waals surface area contributed by atoms with Crippen molar-refractivity contribution in [2.75, 3.05) is 18.4 Å². The Morgan fingerprint density at radius 3 is 2.27 bits per heavy atom. The Bertz CT molecular complexity index is 1100. The van der Waals surface area contributed by atoms with E-state index < -0.39 is 17.8 Å². The molecule has 0 unspecified atom stereocenters. The van der Waals surface area contributed by atoms with E-state index in [1.807, 2.05) is 29.6 Å². The van der Waals surface area contributed by atoms with Crippen molar-refractivity contribution in [1.29, 1.82) is 0 Å². The first kappa shape index (κ1) is 22.7. The minimum absolute atomic E-state index is 0.0101. The molecule has 1 aromatic heterocycles. The van der Waals surface area contributed by atoms with Crippen LogP contribution < -0.4 is 10.6 Å². The molecule has 0 aliphatic carbocycles. The number of thiophene rings is 1. The van der Waals surface area contributed by atoms with E-state index in [1.165, 1.54) is 35.6 Å². The van der Waals surface area contributed by atoms with Crippen molar-refractivity contribution in [3.8, 4) is 0 Å². The molecular formula is C25H24FN3O3S. The number of piperidine rings is 1. The van der Waals surface area contributed by atoms with Gasteiger partial charge in [-0.25, -0.2) is 4.39 Å². The van der Waals surface area contributed by atoms with Crippen LogP contribution in [0, 0.1) is 11.7 Å². The lowest BCUT2D eigenvalue weighted by Crippen LogP contribution is -2.52. The number of hydrogen-bond donors (Lipinski definition) is 2. The Morgan fingerprint density at radius 2 is 1.64 bits per heavy atom. The minimum Gasteiger partial charge on any atom is -0.340 e. The predicted molar refractivity (Wildman–Crippen MR) is 126 cm³/mol. The SMILES string of the molecule is O=C(N[C@H](C(=O)Nc1ccccc1)C1CCN(C(=O)c2cccs2)CC1)c1ccc(F)cc1. The lowest BCUT2D eigenvalue weighted by atomic mass is 9.88. The number of nitrogens with one attached hydrogen (secondary N) is 2. The summed E-state index contributed by atoms with van der Waals surface area (Å²) < 4.78 is 13.3. The summed E-state index contributed by atoms with van der Waals surface area (Å²) in [7, 11) is 0. The van der Waals surface area contributed by atoms with Crippen molar-refractivity contribution >= 4 is 34.7 Å². The van der Waals surface area contributed by atoms with Crippen LogP contribution in [-0.4, -0.2) is 41.8 Å². The maximum absolute atomic E-state index is 13.3. The summed E-state index contributed by atoms with van der Waals surface area (Å²) in [5.74, 6) is -1.36. The summed E-state index contributed by atoms with van der Waals surface area (Å²) >= 11 is 1.41. The zero-order valence-electron chi connectivity index (χ0n) is 17.9. The molecule has 1 fully saturated rings. The minimum atomic E-state index is -0.790. The van der Waals surface area contributed by atoms with Gasteiger partial charge in [0.15, 0.2) is 0 Å². The predicted octanol–water partition coefficient (Wildman–Crippen LogP) is 4.18. The Kier molecular flexibility index (Phi) is 7.14. The molecule has 1 aliphatic heterocycles. The summed E-state index contributed by atoms with van der Waals surface area (Å²) in [6.45, 7) is 1.01. The van der Waals surface area contributed by atoms with E-state index in [4.69, 9.17) is 0 Å². The van der Waals surface area contributed by atoms with Crippen LogP contribution in [0.5, 0.6) is 0 Å². The molecule has 1 atom stereocenters. The first-order chi connectivity index (χ1) is 16.0. The fraction of sp³-hybridized carbons (Fsp3) is 0.240. The molecule has 3 amide bonds. The van der Waals surface area contributed by atoms with Gasteiger partial charge in [0, 0.05) is 24.3 Å². The molecule has 2 heterocycles. The number of anilines is 1. The van der Waals surface area contributed by atoms with Crippen molar-refractivity contribution in [3.63, 3.8) is 0 Å². The average Bonchev–Trinajstić information content (AvgIpc) is 3.38. The molecule has 0 radical (unpaired) electrons. The Balaban J connectivity index is 1.47. The molecule has 0 saturated carbocycles. The molecule has 170 valence electrons. The van der Waals surface area contributed by atoms with E-state index >= 15 is 0 Å². The number of carbonyl (C=O) groups excluding carboxylic acids is 3. The second kappa shape index (κ2) is 10.4. The van der Waals surface area contributed by atoms with Crippen molar-refractivity contribution in [3.05, 3.63) is 88.4 Å². The molecule has 2 aromatic carbocycles.